The lowest BCUT2D eigenvalue weighted by Gasteiger charge is -2.26. The number of carbonyl (C=O) groups excluding carboxylic acids is 6. The number of hydrogen-bond acceptors (Lipinski definition) is 10. The summed E-state index contributed by atoms with van der Waals surface area (Å²) in [5, 5.41) is 23.0. The number of nitrogens with one attached hydrogen (secondary N) is 5. The van der Waals surface area contributed by atoms with Crippen LogP contribution in [-0.4, -0.2) is 109 Å². The summed E-state index contributed by atoms with van der Waals surface area (Å²) in [5.41, 5.74) is 7.15. The minimum Gasteiger partial charge on any atom is -0.480 e. The number of benzene rings is 2. The minimum absolute atomic E-state index is 0.00101. The second kappa shape index (κ2) is 32.7. The standard InChI is InChI=1S/C49H76N6O10S2/c1-35(2)31-40(47(60)53-39(45(50)58)32-36-23-17-15-18-24-36)54-46(59)38(29-30-66-3)51-43(56)27-21-13-11-9-7-5-6-8-10-12-14-22-28-44(57)52-42(34-67(4,64)65)48(61)55-41(49(62)63)33-37-25-19-16-20-26-37/h15-20,23-26,35,38-42H,5-14,21-22,27-34H2,1-4H3,(H2,50,58)(H,51,56)(H,52,57)(H,53,60)(H,54,59)(H,55,61)(H,62,63)/t38-,39-,40-,41-,42-/m0/s1. The Kier molecular flexibility index (Phi) is 28.4. The van der Waals surface area contributed by atoms with Gasteiger partial charge in [0.25, 0.3) is 0 Å². The first-order valence-corrected chi connectivity index (χ1v) is 27.1. The summed E-state index contributed by atoms with van der Waals surface area (Å²) in [6.07, 6.45) is 15.5. The Morgan fingerprint density at radius 1 is 0.567 bits per heavy atom. The maximum Gasteiger partial charge on any atom is 0.326 e. The smallest absolute Gasteiger partial charge is 0.326 e. The number of rotatable bonds is 36. The Morgan fingerprint density at radius 2 is 0.955 bits per heavy atom. The van der Waals surface area contributed by atoms with E-state index in [1.807, 2.05) is 50.4 Å². The summed E-state index contributed by atoms with van der Waals surface area (Å²) in [6, 6.07) is 12.5. The van der Waals surface area contributed by atoms with Gasteiger partial charge in [0.15, 0.2) is 0 Å². The van der Waals surface area contributed by atoms with Crippen LogP contribution in [0.5, 0.6) is 0 Å². The van der Waals surface area contributed by atoms with E-state index in [1.54, 1.807) is 42.1 Å². The van der Waals surface area contributed by atoms with Gasteiger partial charge in [-0.2, -0.15) is 11.8 Å². The third kappa shape index (κ3) is 26.8. The number of carbonyl (C=O) groups is 7. The molecule has 0 radical (unpaired) electrons. The number of primary amides is 1. The molecule has 2 rings (SSSR count). The van der Waals surface area contributed by atoms with Crippen molar-refractivity contribution in [3.05, 3.63) is 71.8 Å². The molecule has 2 aromatic rings. The molecule has 0 aliphatic rings. The zero-order valence-electron chi connectivity index (χ0n) is 39.9. The van der Waals surface area contributed by atoms with Gasteiger partial charge in [-0.05, 0) is 54.7 Å². The number of carboxylic acid groups (broad SMARTS) is 1. The first kappa shape index (κ1) is 58.2. The number of aliphatic carboxylic acids is 1. The highest BCUT2D eigenvalue weighted by molar-refractivity contribution is 7.98. The number of unbranched alkanes of at least 4 members (excludes halogenated alkanes) is 11. The highest BCUT2D eigenvalue weighted by atomic mass is 32.2. The molecule has 0 spiro atoms. The third-order valence-electron chi connectivity index (χ3n) is 11.1. The van der Waals surface area contributed by atoms with E-state index in [-0.39, 0.29) is 31.1 Å². The zero-order valence-corrected chi connectivity index (χ0v) is 41.5. The van der Waals surface area contributed by atoms with Crippen molar-refractivity contribution in [3.63, 3.8) is 0 Å². The summed E-state index contributed by atoms with van der Waals surface area (Å²) in [7, 11) is -3.67. The van der Waals surface area contributed by atoms with Gasteiger partial charge in [-0.1, -0.05) is 139 Å². The lowest BCUT2D eigenvalue weighted by Crippen LogP contribution is -2.57. The van der Waals surface area contributed by atoms with Crippen molar-refractivity contribution in [1.82, 2.24) is 26.6 Å². The average molecular weight is 973 g/mol. The molecule has 0 unspecified atom stereocenters. The second-order valence-electron chi connectivity index (χ2n) is 17.8. The molecule has 67 heavy (non-hydrogen) atoms. The normalized spacial score (nSPS) is 13.6. The fourth-order valence-electron chi connectivity index (χ4n) is 7.50. The molecule has 0 aromatic heterocycles. The molecule has 374 valence electrons. The van der Waals surface area contributed by atoms with Crippen LogP contribution >= 0.6 is 11.8 Å². The topological polar surface area (TPSA) is 260 Å². The van der Waals surface area contributed by atoms with Gasteiger partial charge in [-0.15, -0.1) is 0 Å². The van der Waals surface area contributed by atoms with E-state index in [2.05, 4.69) is 26.6 Å². The molecule has 0 saturated carbocycles. The van der Waals surface area contributed by atoms with Crippen molar-refractivity contribution >= 4 is 63.0 Å². The average Bonchev–Trinajstić information content (AvgIpc) is 3.26. The molecule has 0 bridgehead atoms. The summed E-state index contributed by atoms with van der Waals surface area (Å²) in [4.78, 5) is 89.6. The van der Waals surface area contributed by atoms with E-state index in [1.165, 1.54) is 0 Å². The van der Waals surface area contributed by atoms with Crippen molar-refractivity contribution in [2.45, 2.75) is 160 Å². The van der Waals surface area contributed by atoms with Gasteiger partial charge < -0.3 is 37.4 Å². The molecule has 0 aliphatic heterocycles. The maximum absolute atomic E-state index is 13.5. The summed E-state index contributed by atoms with van der Waals surface area (Å²) in [6.45, 7) is 3.86. The maximum atomic E-state index is 13.5. The Labute approximate surface area is 402 Å². The van der Waals surface area contributed by atoms with Gasteiger partial charge in [0.05, 0.1) is 5.75 Å². The molecular formula is C49H76N6O10S2. The Bertz CT molecular complexity index is 1940. The summed E-state index contributed by atoms with van der Waals surface area (Å²) >= 11 is 1.55. The lowest BCUT2D eigenvalue weighted by molar-refractivity contribution is -0.142. The van der Waals surface area contributed by atoms with Crippen LogP contribution in [0.4, 0.5) is 0 Å². The van der Waals surface area contributed by atoms with Gasteiger partial charge >= 0.3 is 5.97 Å². The van der Waals surface area contributed by atoms with Crippen LogP contribution in [-0.2, 0) is 56.2 Å². The molecule has 16 nitrogen and oxygen atoms in total. The summed E-state index contributed by atoms with van der Waals surface area (Å²) in [5.74, 6) is -4.41. The fourth-order valence-corrected chi connectivity index (χ4v) is 8.82. The van der Waals surface area contributed by atoms with Gasteiger partial charge in [0.2, 0.25) is 35.4 Å². The van der Waals surface area contributed by atoms with Gasteiger partial charge in [-0.3, -0.25) is 28.8 Å². The van der Waals surface area contributed by atoms with E-state index in [9.17, 15) is 47.1 Å². The monoisotopic (exact) mass is 973 g/mol. The number of sulfone groups is 1. The van der Waals surface area contributed by atoms with E-state index in [0.29, 0.717) is 43.4 Å². The second-order valence-corrected chi connectivity index (χ2v) is 21.0. The molecule has 5 atom stereocenters. The van der Waals surface area contributed by atoms with Crippen molar-refractivity contribution in [1.29, 1.82) is 0 Å². The van der Waals surface area contributed by atoms with E-state index in [0.717, 1.165) is 76.0 Å². The minimum atomic E-state index is -3.67. The quantitative estimate of drug-likeness (QED) is 0.0458. The van der Waals surface area contributed by atoms with Crippen molar-refractivity contribution < 1.29 is 47.1 Å². The third-order valence-corrected chi connectivity index (χ3v) is 12.7. The van der Waals surface area contributed by atoms with Crippen LogP contribution in [0, 0.1) is 5.92 Å². The Hall–Kier alpha value is -4.97. The fraction of sp³-hybridized carbons (Fsp3) is 0.612. The first-order valence-electron chi connectivity index (χ1n) is 23.6. The largest absolute Gasteiger partial charge is 0.480 e. The molecule has 0 aliphatic carbocycles. The number of thioether (sulfide) groups is 1. The van der Waals surface area contributed by atoms with Gasteiger partial charge in [0.1, 0.15) is 40.0 Å². The molecule has 6 amide bonds. The molecule has 0 heterocycles. The highest BCUT2D eigenvalue weighted by Crippen LogP contribution is 2.15. The molecule has 0 saturated heterocycles. The Balaban J connectivity index is 1.65. The molecule has 0 fully saturated rings. The molecule has 2 aromatic carbocycles. The Morgan fingerprint density at radius 3 is 1.37 bits per heavy atom. The predicted molar refractivity (Wildman–Crippen MR) is 264 cm³/mol. The van der Waals surface area contributed by atoms with Crippen LogP contribution in [0.1, 0.15) is 128 Å². The van der Waals surface area contributed by atoms with Crippen LogP contribution in [0.25, 0.3) is 0 Å². The van der Waals surface area contributed by atoms with Crippen LogP contribution < -0.4 is 32.3 Å². The van der Waals surface area contributed by atoms with E-state index < -0.39 is 81.3 Å². The molecule has 18 heteroatoms. The first-order chi connectivity index (χ1) is 31.9. The van der Waals surface area contributed by atoms with E-state index in [4.69, 9.17) is 5.73 Å². The number of amides is 6. The SMILES string of the molecule is CSCC[C@H](NC(=O)CCCCCCCCCCCCCCC(=O)N[C@@H](CS(C)(=O)=O)C(=O)N[C@@H](Cc1ccccc1)C(=O)O)C(=O)N[C@@H](CC(C)C)C(=O)N[C@@H](Cc1ccccc1)C(N)=O. The van der Waals surface area contributed by atoms with E-state index >= 15 is 0 Å². The van der Waals surface area contributed by atoms with Crippen molar-refractivity contribution in [3.8, 4) is 0 Å². The molecular weight excluding hydrogens is 897 g/mol. The van der Waals surface area contributed by atoms with Crippen LogP contribution in [0.3, 0.4) is 0 Å². The zero-order chi connectivity index (χ0) is 49.6. The van der Waals surface area contributed by atoms with Crippen molar-refractivity contribution in [2.75, 3.05) is 24.0 Å². The van der Waals surface area contributed by atoms with Gasteiger partial charge in [0, 0.05) is 31.9 Å². The van der Waals surface area contributed by atoms with Gasteiger partial charge in [-0.25, -0.2) is 13.2 Å². The van der Waals surface area contributed by atoms with Crippen molar-refractivity contribution in [2.24, 2.45) is 11.7 Å². The summed E-state index contributed by atoms with van der Waals surface area (Å²) < 4.78 is 24.1. The number of hydrogen-bond donors (Lipinski definition) is 7. The van der Waals surface area contributed by atoms with Crippen LogP contribution in [0.2, 0.25) is 0 Å². The highest BCUT2D eigenvalue weighted by Gasteiger charge is 2.31. The number of nitrogens with two attached hydrogens (primary N) is 1. The predicted octanol–water partition coefficient (Wildman–Crippen LogP) is 4.77. The molecule has 8 N–H and O–H groups in total. The number of carboxylic acids is 1. The lowest BCUT2D eigenvalue weighted by atomic mass is 10.0. The van der Waals surface area contributed by atoms with Crippen LogP contribution in [0.15, 0.2) is 60.7 Å².